The number of amides is 1. The fourth-order valence-electron chi connectivity index (χ4n) is 4.12. The minimum atomic E-state index is -3.15. The Hall–Kier alpha value is -1.60. The van der Waals surface area contributed by atoms with Crippen molar-refractivity contribution in [1.29, 1.82) is 0 Å². The molecular formula is C21H33N3O3S. The van der Waals surface area contributed by atoms with E-state index in [4.69, 9.17) is 0 Å². The molecule has 28 heavy (non-hydrogen) atoms. The number of anilines is 1. The fourth-order valence-corrected chi connectivity index (χ4v) is 5.25. The van der Waals surface area contributed by atoms with Crippen LogP contribution >= 0.6 is 0 Å². The van der Waals surface area contributed by atoms with Gasteiger partial charge in [0.05, 0.1) is 11.8 Å². The summed E-state index contributed by atoms with van der Waals surface area (Å²) in [6.07, 6.45) is 5.01. The number of carbonyl (C=O) groups is 1. The molecule has 0 spiro atoms. The van der Waals surface area contributed by atoms with E-state index in [1.807, 2.05) is 6.92 Å². The van der Waals surface area contributed by atoms with Crippen LogP contribution in [0.2, 0.25) is 0 Å². The predicted molar refractivity (Wildman–Crippen MR) is 113 cm³/mol. The Morgan fingerprint density at radius 1 is 1.07 bits per heavy atom. The van der Waals surface area contributed by atoms with Crippen molar-refractivity contribution in [2.75, 3.05) is 36.8 Å². The zero-order valence-corrected chi connectivity index (χ0v) is 17.9. The summed E-state index contributed by atoms with van der Waals surface area (Å²) >= 11 is 0. The molecule has 2 heterocycles. The standard InChI is InChI=1S/C21H33N3O3S/c1-3-28(26,27)24-15-11-19(12-16-24)21(25)22-17(2)18-7-9-20(10-8-18)23-13-5-4-6-14-23/h7-10,17,19H,3-6,11-16H2,1-2H3,(H,22,25)/t17-/m0/s1. The van der Waals surface area contributed by atoms with Gasteiger partial charge in [-0.3, -0.25) is 4.79 Å². The van der Waals surface area contributed by atoms with Gasteiger partial charge >= 0.3 is 0 Å². The molecule has 3 rings (SSSR count). The summed E-state index contributed by atoms with van der Waals surface area (Å²) in [7, 11) is -3.15. The molecular weight excluding hydrogens is 374 g/mol. The summed E-state index contributed by atoms with van der Waals surface area (Å²) < 4.78 is 25.4. The highest BCUT2D eigenvalue weighted by Gasteiger charge is 2.30. The molecule has 156 valence electrons. The van der Waals surface area contributed by atoms with Gasteiger partial charge in [-0.1, -0.05) is 12.1 Å². The van der Waals surface area contributed by atoms with E-state index in [1.165, 1.54) is 29.3 Å². The fraction of sp³-hybridized carbons (Fsp3) is 0.667. The molecule has 1 N–H and O–H groups in total. The number of piperidine rings is 2. The molecule has 2 aliphatic rings. The maximum Gasteiger partial charge on any atom is 0.223 e. The minimum Gasteiger partial charge on any atom is -0.372 e. The summed E-state index contributed by atoms with van der Waals surface area (Å²) in [6.45, 7) is 6.79. The quantitative estimate of drug-likeness (QED) is 0.787. The molecule has 0 unspecified atom stereocenters. The first kappa shape index (κ1) is 21.1. The van der Waals surface area contributed by atoms with Gasteiger partial charge in [-0.25, -0.2) is 12.7 Å². The van der Waals surface area contributed by atoms with Crippen molar-refractivity contribution in [1.82, 2.24) is 9.62 Å². The number of hydrogen-bond donors (Lipinski definition) is 1. The van der Waals surface area contributed by atoms with Gasteiger partial charge in [0.1, 0.15) is 0 Å². The summed E-state index contributed by atoms with van der Waals surface area (Å²) in [6, 6.07) is 8.45. The van der Waals surface area contributed by atoms with Crippen LogP contribution in [0.1, 0.15) is 57.6 Å². The Bertz CT molecular complexity index is 750. The summed E-state index contributed by atoms with van der Waals surface area (Å²) in [5.74, 6) is 0.0356. The molecule has 0 radical (unpaired) electrons. The maximum atomic E-state index is 12.6. The minimum absolute atomic E-state index is 0.0288. The van der Waals surface area contributed by atoms with E-state index in [0.717, 1.165) is 18.7 Å². The van der Waals surface area contributed by atoms with Gasteiger partial charge in [0, 0.05) is 37.8 Å². The predicted octanol–water partition coefficient (Wildman–Crippen LogP) is 2.92. The average Bonchev–Trinajstić information content (AvgIpc) is 2.74. The normalized spacial score (nSPS) is 20.7. The first-order valence-electron chi connectivity index (χ1n) is 10.5. The van der Waals surface area contributed by atoms with Gasteiger partial charge in [0.15, 0.2) is 0 Å². The van der Waals surface area contributed by atoms with Crippen LogP contribution in [0.3, 0.4) is 0 Å². The topological polar surface area (TPSA) is 69.7 Å². The van der Waals surface area contributed by atoms with Crippen molar-refractivity contribution in [3.05, 3.63) is 29.8 Å². The zero-order valence-electron chi connectivity index (χ0n) is 17.1. The number of nitrogens with zero attached hydrogens (tertiary/aromatic N) is 2. The number of carbonyl (C=O) groups excluding carboxylic acids is 1. The number of rotatable bonds is 6. The van der Waals surface area contributed by atoms with Crippen LogP contribution in [0.15, 0.2) is 24.3 Å². The maximum absolute atomic E-state index is 12.6. The Morgan fingerprint density at radius 2 is 1.68 bits per heavy atom. The van der Waals surface area contributed by atoms with Gasteiger partial charge in [0.2, 0.25) is 15.9 Å². The molecule has 2 aliphatic heterocycles. The van der Waals surface area contributed by atoms with Gasteiger partial charge in [-0.2, -0.15) is 0 Å². The summed E-state index contributed by atoms with van der Waals surface area (Å²) in [5.41, 5.74) is 2.35. The van der Waals surface area contributed by atoms with Crippen LogP contribution in [-0.4, -0.2) is 50.6 Å². The van der Waals surface area contributed by atoms with Crippen molar-refractivity contribution < 1.29 is 13.2 Å². The van der Waals surface area contributed by atoms with E-state index in [2.05, 4.69) is 34.5 Å². The lowest BCUT2D eigenvalue weighted by molar-refractivity contribution is -0.126. The lowest BCUT2D eigenvalue weighted by Crippen LogP contribution is -2.43. The third-order valence-electron chi connectivity index (χ3n) is 6.06. The molecule has 2 fully saturated rings. The Balaban J connectivity index is 1.51. The summed E-state index contributed by atoms with van der Waals surface area (Å²) in [5, 5.41) is 3.11. The van der Waals surface area contributed by atoms with Crippen molar-refractivity contribution >= 4 is 21.6 Å². The molecule has 6 nitrogen and oxygen atoms in total. The van der Waals surface area contributed by atoms with Gasteiger partial charge in [-0.05, 0) is 63.6 Å². The van der Waals surface area contributed by atoms with Crippen LogP contribution in [0, 0.1) is 5.92 Å². The molecule has 0 aromatic heterocycles. The highest BCUT2D eigenvalue weighted by molar-refractivity contribution is 7.89. The molecule has 1 atom stereocenters. The highest BCUT2D eigenvalue weighted by Crippen LogP contribution is 2.24. The van der Waals surface area contributed by atoms with E-state index in [9.17, 15) is 13.2 Å². The van der Waals surface area contributed by atoms with Crippen molar-refractivity contribution in [3.8, 4) is 0 Å². The molecule has 1 aromatic rings. The SMILES string of the molecule is CCS(=O)(=O)N1CCC(C(=O)N[C@@H](C)c2ccc(N3CCCCC3)cc2)CC1. The van der Waals surface area contributed by atoms with E-state index in [1.54, 1.807) is 6.92 Å². The Morgan fingerprint density at radius 3 is 2.25 bits per heavy atom. The monoisotopic (exact) mass is 407 g/mol. The zero-order chi connectivity index (χ0) is 20.1. The number of nitrogens with one attached hydrogen (secondary N) is 1. The van der Waals surface area contributed by atoms with Gasteiger partial charge in [0.25, 0.3) is 0 Å². The van der Waals surface area contributed by atoms with Crippen LogP contribution in [-0.2, 0) is 14.8 Å². The van der Waals surface area contributed by atoms with Gasteiger partial charge in [-0.15, -0.1) is 0 Å². The molecule has 1 aromatic carbocycles. The van der Waals surface area contributed by atoms with Crippen LogP contribution in [0.5, 0.6) is 0 Å². The van der Waals surface area contributed by atoms with E-state index in [0.29, 0.717) is 25.9 Å². The molecule has 7 heteroatoms. The third-order valence-corrected chi connectivity index (χ3v) is 7.94. The van der Waals surface area contributed by atoms with Crippen LogP contribution < -0.4 is 10.2 Å². The second-order valence-electron chi connectivity index (χ2n) is 7.94. The average molecular weight is 408 g/mol. The highest BCUT2D eigenvalue weighted by atomic mass is 32.2. The number of sulfonamides is 1. The molecule has 0 bridgehead atoms. The van der Waals surface area contributed by atoms with E-state index >= 15 is 0 Å². The third kappa shape index (κ3) is 5.06. The smallest absolute Gasteiger partial charge is 0.223 e. The van der Waals surface area contributed by atoms with Crippen LogP contribution in [0.25, 0.3) is 0 Å². The Kier molecular flexibility index (Phi) is 6.99. The van der Waals surface area contributed by atoms with Crippen molar-refractivity contribution in [2.45, 2.75) is 52.0 Å². The molecule has 2 saturated heterocycles. The lowest BCUT2D eigenvalue weighted by Gasteiger charge is -2.31. The van der Waals surface area contributed by atoms with E-state index in [-0.39, 0.29) is 23.6 Å². The largest absolute Gasteiger partial charge is 0.372 e. The second kappa shape index (κ2) is 9.27. The molecule has 1 amide bonds. The molecule has 0 saturated carbocycles. The lowest BCUT2D eigenvalue weighted by atomic mass is 9.96. The second-order valence-corrected chi connectivity index (χ2v) is 10.2. The molecule has 0 aliphatic carbocycles. The summed E-state index contributed by atoms with van der Waals surface area (Å²) in [4.78, 5) is 15.1. The first-order valence-corrected chi connectivity index (χ1v) is 12.1. The van der Waals surface area contributed by atoms with Crippen molar-refractivity contribution in [3.63, 3.8) is 0 Å². The number of benzene rings is 1. The van der Waals surface area contributed by atoms with Gasteiger partial charge < -0.3 is 10.2 Å². The number of hydrogen-bond acceptors (Lipinski definition) is 4. The first-order chi connectivity index (χ1) is 13.4. The van der Waals surface area contributed by atoms with Crippen LogP contribution in [0.4, 0.5) is 5.69 Å². The van der Waals surface area contributed by atoms with Crippen molar-refractivity contribution in [2.24, 2.45) is 5.92 Å². The Labute approximate surface area is 169 Å². The van der Waals surface area contributed by atoms with E-state index < -0.39 is 10.0 Å².